The van der Waals surface area contributed by atoms with E-state index < -0.39 is 17.5 Å². The molecule has 2 aromatic rings. The standard InChI is InChI=1S/C13H6BrCl2F2NO/c14-8-3-1-2-7(11(8)18)13(20)19-12-9(15)4-6(17)5-10(12)16/h1-5H,(H,19,20). The molecule has 2 rings (SSSR count). The summed E-state index contributed by atoms with van der Waals surface area (Å²) in [5.74, 6) is -2.08. The van der Waals surface area contributed by atoms with Crippen LogP contribution in [0.2, 0.25) is 10.0 Å². The van der Waals surface area contributed by atoms with Gasteiger partial charge in [-0.05, 0) is 40.2 Å². The van der Waals surface area contributed by atoms with E-state index in [-0.39, 0.29) is 25.8 Å². The second-order valence-corrected chi connectivity index (χ2v) is 5.47. The summed E-state index contributed by atoms with van der Waals surface area (Å²) in [5, 5.41) is 2.22. The molecule has 0 bridgehead atoms. The largest absolute Gasteiger partial charge is 0.319 e. The molecule has 0 aromatic heterocycles. The van der Waals surface area contributed by atoms with Crippen molar-refractivity contribution in [3.8, 4) is 0 Å². The van der Waals surface area contributed by atoms with Gasteiger partial charge in [0, 0.05) is 0 Å². The van der Waals surface area contributed by atoms with Crippen LogP contribution in [-0.4, -0.2) is 5.91 Å². The third-order valence-electron chi connectivity index (χ3n) is 2.44. The first-order chi connectivity index (χ1) is 9.40. The van der Waals surface area contributed by atoms with E-state index in [0.29, 0.717) is 0 Å². The van der Waals surface area contributed by atoms with E-state index in [2.05, 4.69) is 21.2 Å². The number of hydrogen-bond donors (Lipinski definition) is 1. The average Bonchev–Trinajstić information content (AvgIpc) is 2.36. The predicted octanol–water partition coefficient (Wildman–Crippen LogP) is 5.29. The molecule has 2 nitrogen and oxygen atoms in total. The predicted molar refractivity (Wildman–Crippen MR) is 78.5 cm³/mol. The molecule has 0 aliphatic heterocycles. The van der Waals surface area contributed by atoms with Crippen LogP contribution in [0.15, 0.2) is 34.8 Å². The Labute approximate surface area is 131 Å². The summed E-state index contributed by atoms with van der Waals surface area (Å²) in [6.07, 6.45) is 0. The van der Waals surface area contributed by atoms with Gasteiger partial charge in [0.25, 0.3) is 5.91 Å². The number of anilines is 1. The summed E-state index contributed by atoms with van der Waals surface area (Å²) in [6.45, 7) is 0. The van der Waals surface area contributed by atoms with E-state index in [0.717, 1.165) is 12.1 Å². The molecule has 0 aliphatic carbocycles. The van der Waals surface area contributed by atoms with Crippen molar-refractivity contribution in [2.75, 3.05) is 5.32 Å². The summed E-state index contributed by atoms with van der Waals surface area (Å²) >= 11 is 14.6. The lowest BCUT2D eigenvalue weighted by atomic mass is 10.2. The molecule has 0 spiro atoms. The Morgan fingerprint density at radius 3 is 2.35 bits per heavy atom. The van der Waals surface area contributed by atoms with Gasteiger partial charge in [-0.25, -0.2) is 8.78 Å². The first-order valence-corrected chi connectivity index (χ1v) is 6.85. The van der Waals surface area contributed by atoms with Crippen LogP contribution in [0.4, 0.5) is 14.5 Å². The fourth-order valence-electron chi connectivity index (χ4n) is 1.52. The normalized spacial score (nSPS) is 10.4. The minimum Gasteiger partial charge on any atom is -0.319 e. The van der Waals surface area contributed by atoms with Gasteiger partial charge in [-0.3, -0.25) is 4.79 Å². The summed E-state index contributed by atoms with van der Waals surface area (Å²) in [4.78, 5) is 12.0. The Morgan fingerprint density at radius 1 is 1.15 bits per heavy atom. The van der Waals surface area contributed by atoms with E-state index in [4.69, 9.17) is 23.2 Å². The van der Waals surface area contributed by atoms with Crippen LogP contribution in [0, 0.1) is 11.6 Å². The van der Waals surface area contributed by atoms with E-state index in [1.54, 1.807) is 0 Å². The zero-order valence-electron chi connectivity index (χ0n) is 9.68. The third-order valence-corrected chi connectivity index (χ3v) is 3.65. The summed E-state index contributed by atoms with van der Waals surface area (Å²) in [6, 6.07) is 6.28. The lowest BCUT2D eigenvalue weighted by Crippen LogP contribution is -2.14. The molecule has 0 unspecified atom stereocenters. The Hall–Kier alpha value is -1.17. The minimum absolute atomic E-state index is 0.0270. The minimum atomic E-state index is -0.737. The molecule has 0 saturated carbocycles. The summed E-state index contributed by atoms with van der Waals surface area (Å²) < 4.78 is 27.0. The Kier molecular flexibility index (Phi) is 4.62. The molecule has 1 N–H and O–H groups in total. The Balaban J connectivity index is 2.36. The van der Waals surface area contributed by atoms with Crippen LogP contribution in [0.1, 0.15) is 10.4 Å². The van der Waals surface area contributed by atoms with Crippen LogP contribution < -0.4 is 5.32 Å². The number of nitrogens with one attached hydrogen (secondary N) is 1. The SMILES string of the molecule is O=C(Nc1c(Cl)cc(F)cc1Cl)c1cccc(Br)c1F. The van der Waals surface area contributed by atoms with Crippen molar-refractivity contribution in [1.82, 2.24) is 0 Å². The number of rotatable bonds is 2. The number of carbonyl (C=O) groups is 1. The molecular formula is C13H6BrCl2F2NO. The van der Waals surface area contributed by atoms with Gasteiger partial charge in [0.05, 0.1) is 25.8 Å². The number of amides is 1. The molecule has 20 heavy (non-hydrogen) atoms. The molecule has 2 aromatic carbocycles. The molecule has 0 radical (unpaired) electrons. The second-order valence-electron chi connectivity index (χ2n) is 3.80. The first-order valence-electron chi connectivity index (χ1n) is 5.30. The highest BCUT2D eigenvalue weighted by molar-refractivity contribution is 9.10. The van der Waals surface area contributed by atoms with E-state index in [1.807, 2.05) is 0 Å². The molecule has 0 aliphatic rings. The van der Waals surface area contributed by atoms with Crippen molar-refractivity contribution in [2.24, 2.45) is 0 Å². The Morgan fingerprint density at radius 2 is 1.75 bits per heavy atom. The van der Waals surface area contributed by atoms with Crippen molar-refractivity contribution >= 4 is 50.7 Å². The first kappa shape index (κ1) is 15.2. The summed E-state index contributed by atoms with van der Waals surface area (Å²) in [5.41, 5.74) is -0.157. The topological polar surface area (TPSA) is 29.1 Å². The molecule has 0 heterocycles. The number of benzene rings is 2. The molecular weight excluding hydrogens is 375 g/mol. The molecule has 0 saturated heterocycles. The fourth-order valence-corrected chi connectivity index (χ4v) is 2.44. The average molecular weight is 381 g/mol. The van der Waals surface area contributed by atoms with E-state index in [9.17, 15) is 13.6 Å². The van der Waals surface area contributed by atoms with Crippen LogP contribution in [0.3, 0.4) is 0 Å². The van der Waals surface area contributed by atoms with E-state index in [1.165, 1.54) is 18.2 Å². The van der Waals surface area contributed by atoms with Gasteiger partial charge in [-0.1, -0.05) is 29.3 Å². The summed E-state index contributed by atoms with van der Waals surface area (Å²) in [7, 11) is 0. The van der Waals surface area contributed by atoms with Crippen molar-refractivity contribution in [1.29, 1.82) is 0 Å². The van der Waals surface area contributed by atoms with Gasteiger partial charge in [0.2, 0.25) is 0 Å². The number of halogens is 5. The van der Waals surface area contributed by atoms with Crippen LogP contribution in [0.5, 0.6) is 0 Å². The lowest BCUT2D eigenvalue weighted by molar-refractivity contribution is 0.102. The molecule has 0 atom stereocenters. The van der Waals surface area contributed by atoms with Gasteiger partial charge in [-0.2, -0.15) is 0 Å². The quantitative estimate of drug-likeness (QED) is 0.753. The lowest BCUT2D eigenvalue weighted by Gasteiger charge is -2.10. The van der Waals surface area contributed by atoms with Gasteiger partial charge in [0.15, 0.2) is 0 Å². The van der Waals surface area contributed by atoms with Gasteiger partial charge in [-0.15, -0.1) is 0 Å². The van der Waals surface area contributed by atoms with E-state index >= 15 is 0 Å². The van der Waals surface area contributed by atoms with Crippen LogP contribution in [0.25, 0.3) is 0 Å². The van der Waals surface area contributed by atoms with Gasteiger partial charge < -0.3 is 5.32 Å². The fraction of sp³-hybridized carbons (Fsp3) is 0. The molecule has 1 amide bonds. The highest BCUT2D eigenvalue weighted by Gasteiger charge is 2.17. The maximum Gasteiger partial charge on any atom is 0.258 e. The second kappa shape index (κ2) is 6.08. The van der Waals surface area contributed by atoms with Crippen molar-refractivity contribution in [2.45, 2.75) is 0 Å². The maximum absolute atomic E-state index is 13.8. The zero-order valence-corrected chi connectivity index (χ0v) is 12.8. The molecule has 7 heteroatoms. The van der Waals surface area contributed by atoms with Gasteiger partial charge >= 0.3 is 0 Å². The maximum atomic E-state index is 13.8. The number of hydrogen-bond acceptors (Lipinski definition) is 1. The highest BCUT2D eigenvalue weighted by Crippen LogP contribution is 2.32. The molecule has 104 valence electrons. The monoisotopic (exact) mass is 379 g/mol. The number of carbonyl (C=O) groups excluding carboxylic acids is 1. The Bertz CT molecular complexity index is 671. The van der Waals surface area contributed by atoms with Crippen molar-refractivity contribution < 1.29 is 13.6 Å². The van der Waals surface area contributed by atoms with Crippen molar-refractivity contribution in [3.05, 3.63) is 62.0 Å². The molecule has 0 fully saturated rings. The van der Waals surface area contributed by atoms with Gasteiger partial charge in [0.1, 0.15) is 11.6 Å². The third kappa shape index (κ3) is 3.11. The van der Waals surface area contributed by atoms with Crippen molar-refractivity contribution in [3.63, 3.8) is 0 Å². The zero-order chi connectivity index (χ0) is 14.9. The van der Waals surface area contributed by atoms with Crippen LogP contribution in [-0.2, 0) is 0 Å². The smallest absolute Gasteiger partial charge is 0.258 e. The van der Waals surface area contributed by atoms with Crippen LogP contribution >= 0.6 is 39.1 Å². The highest BCUT2D eigenvalue weighted by atomic mass is 79.9.